The molecule has 0 aromatic heterocycles. The van der Waals surface area contributed by atoms with E-state index in [-0.39, 0.29) is 0 Å². The molecule has 0 aliphatic rings. The molecule has 0 saturated heterocycles. The molecule has 0 fully saturated rings. The van der Waals surface area contributed by atoms with Gasteiger partial charge in [0.1, 0.15) is 0 Å². The molecule has 0 radical (unpaired) electrons. The molecule has 0 spiro atoms. The molecule has 1 nitrogen and oxygen atoms in total. The predicted molar refractivity (Wildman–Crippen MR) is 68.8 cm³/mol. The molecule has 1 aromatic carbocycles. The van der Waals surface area contributed by atoms with Crippen LogP contribution in [0.2, 0.25) is 0 Å². The minimum absolute atomic E-state index is 0.531. The van der Waals surface area contributed by atoms with E-state index in [1.165, 1.54) is 16.7 Å². The van der Waals surface area contributed by atoms with Gasteiger partial charge in [-0.2, -0.15) is 0 Å². The van der Waals surface area contributed by atoms with E-state index in [4.69, 9.17) is 0 Å². The van der Waals surface area contributed by atoms with Gasteiger partial charge in [-0.05, 0) is 24.0 Å². The Morgan fingerprint density at radius 3 is 2.53 bits per heavy atom. The van der Waals surface area contributed by atoms with Crippen LogP contribution in [0.15, 0.2) is 29.3 Å². The van der Waals surface area contributed by atoms with Gasteiger partial charge < -0.3 is 0 Å². The number of benzene rings is 1. The molecule has 0 aliphatic carbocycles. The first-order chi connectivity index (χ1) is 7.20. The van der Waals surface area contributed by atoms with Crippen molar-refractivity contribution < 1.29 is 0 Å². The van der Waals surface area contributed by atoms with Crippen molar-refractivity contribution in [3.63, 3.8) is 0 Å². The lowest BCUT2D eigenvalue weighted by Gasteiger charge is -2.11. The van der Waals surface area contributed by atoms with Gasteiger partial charge in [0, 0.05) is 18.8 Å². The summed E-state index contributed by atoms with van der Waals surface area (Å²) in [6.07, 6.45) is 6.14. The number of allylic oxidation sites excluding steroid dienone is 1. The molecule has 0 atom stereocenters. The van der Waals surface area contributed by atoms with Crippen LogP contribution in [-0.2, 0) is 0 Å². The van der Waals surface area contributed by atoms with Crippen molar-refractivity contribution in [2.45, 2.75) is 26.7 Å². The molecular weight excluding hydrogens is 182 g/mol. The third-order valence-electron chi connectivity index (χ3n) is 2.40. The molecule has 80 valence electrons. The highest BCUT2D eigenvalue weighted by molar-refractivity contribution is 5.87. The van der Waals surface area contributed by atoms with E-state index in [2.05, 4.69) is 49.2 Å². The highest BCUT2D eigenvalue weighted by Crippen LogP contribution is 2.22. The smallest absolute Gasteiger partial charge is 0.0290 e. The minimum Gasteiger partial charge on any atom is -0.296 e. The zero-order chi connectivity index (χ0) is 11.3. The normalized spacial score (nSPS) is 12.1. The van der Waals surface area contributed by atoms with Crippen molar-refractivity contribution in [1.82, 2.24) is 0 Å². The van der Waals surface area contributed by atoms with Gasteiger partial charge in [-0.3, -0.25) is 4.99 Å². The van der Waals surface area contributed by atoms with Crippen LogP contribution in [0.25, 0.3) is 6.08 Å². The summed E-state index contributed by atoms with van der Waals surface area (Å²) in [6.45, 7) is 6.46. The monoisotopic (exact) mass is 201 g/mol. The fraction of sp³-hybridized carbons (Fsp3) is 0.357. The lowest BCUT2D eigenvalue weighted by atomic mass is 9.94. The second-order valence-corrected chi connectivity index (χ2v) is 3.89. The SMILES string of the molecule is C/C=C/c1cccc(C(C)C)c1C=NC. The van der Waals surface area contributed by atoms with E-state index < -0.39 is 0 Å². The van der Waals surface area contributed by atoms with Gasteiger partial charge in [0.05, 0.1) is 0 Å². The number of hydrogen-bond donors (Lipinski definition) is 0. The first-order valence-corrected chi connectivity index (χ1v) is 5.38. The molecule has 1 aromatic rings. The van der Waals surface area contributed by atoms with Crippen molar-refractivity contribution in [3.05, 3.63) is 41.0 Å². The van der Waals surface area contributed by atoms with Gasteiger partial charge in [-0.1, -0.05) is 44.2 Å². The summed E-state index contributed by atoms with van der Waals surface area (Å²) in [4.78, 5) is 4.13. The van der Waals surface area contributed by atoms with Crippen molar-refractivity contribution in [2.75, 3.05) is 7.05 Å². The van der Waals surface area contributed by atoms with Crippen LogP contribution < -0.4 is 0 Å². The lowest BCUT2D eigenvalue weighted by molar-refractivity contribution is 0.864. The van der Waals surface area contributed by atoms with Crippen molar-refractivity contribution >= 4 is 12.3 Å². The summed E-state index contributed by atoms with van der Waals surface area (Å²) in [7, 11) is 1.82. The highest BCUT2D eigenvalue weighted by Gasteiger charge is 2.07. The maximum absolute atomic E-state index is 4.13. The Bertz CT molecular complexity index is 373. The van der Waals surface area contributed by atoms with Crippen LogP contribution in [0.1, 0.15) is 43.4 Å². The third-order valence-corrected chi connectivity index (χ3v) is 2.40. The molecule has 1 heteroatoms. The second-order valence-electron chi connectivity index (χ2n) is 3.89. The standard InChI is InChI=1S/C14H19N/c1-5-7-12-8-6-9-13(11(2)3)14(12)10-15-4/h5-11H,1-4H3/b7-5+,15-10?. The van der Waals surface area contributed by atoms with Crippen LogP contribution in [-0.4, -0.2) is 13.3 Å². The van der Waals surface area contributed by atoms with Gasteiger partial charge in [0.15, 0.2) is 0 Å². The van der Waals surface area contributed by atoms with Crippen LogP contribution in [0.3, 0.4) is 0 Å². The zero-order valence-electron chi connectivity index (χ0n) is 9.99. The summed E-state index contributed by atoms with van der Waals surface area (Å²) in [5.74, 6) is 0.531. The van der Waals surface area contributed by atoms with Gasteiger partial charge in [-0.15, -0.1) is 0 Å². The third kappa shape index (κ3) is 2.79. The van der Waals surface area contributed by atoms with Gasteiger partial charge >= 0.3 is 0 Å². The van der Waals surface area contributed by atoms with Crippen LogP contribution >= 0.6 is 0 Å². The topological polar surface area (TPSA) is 12.4 Å². The molecule has 0 saturated carbocycles. The lowest BCUT2D eigenvalue weighted by Crippen LogP contribution is -1.98. The van der Waals surface area contributed by atoms with Crippen molar-refractivity contribution in [1.29, 1.82) is 0 Å². The fourth-order valence-electron chi connectivity index (χ4n) is 1.71. The Labute approximate surface area is 92.6 Å². The first kappa shape index (κ1) is 11.7. The fourth-order valence-corrected chi connectivity index (χ4v) is 1.71. The highest BCUT2D eigenvalue weighted by atomic mass is 14.6. The Hall–Kier alpha value is -1.37. The maximum Gasteiger partial charge on any atom is 0.0290 e. The minimum atomic E-state index is 0.531. The van der Waals surface area contributed by atoms with E-state index in [1.807, 2.05) is 20.2 Å². The summed E-state index contributed by atoms with van der Waals surface area (Å²) < 4.78 is 0. The number of nitrogens with zero attached hydrogens (tertiary/aromatic N) is 1. The van der Waals surface area contributed by atoms with Crippen LogP contribution in [0.5, 0.6) is 0 Å². The summed E-state index contributed by atoms with van der Waals surface area (Å²) >= 11 is 0. The summed E-state index contributed by atoms with van der Waals surface area (Å²) in [5, 5.41) is 0. The molecule has 0 N–H and O–H groups in total. The number of rotatable bonds is 3. The van der Waals surface area contributed by atoms with Gasteiger partial charge in [0.2, 0.25) is 0 Å². The molecule has 0 heterocycles. The zero-order valence-corrected chi connectivity index (χ0v) is 9.99. The Morgan fingerprint density at radius 2 is 2.00 bits per heavy atom. The van der Waals surface area contributed by atoms with Crippen molar-refractivity contribution in [3.8, 4) is 0 Å². The molecular formula is C14H19N. The van der Waals surface area contributed by atoms with E-state index >= 15 is 0 Å². The van der Waals surface area contributed by atoms with Crippen molar-refractivity contribution in [2.24, 2.45) is 4.99 Å². The molecule has 0 bridgehead atoms. The molecule has 0 aliphatic heterocycles. The van der Waals surface area contributed by atoms with E-state index in [9.17, 15) is 0 Å². The molecule has 0 amide bonds. The molecule has 0 unspecified atom stereocenters. The molecule has 15 heavy (non-hydrogen) atoms. The largest absolute Gasteiger partial charge is 0.296 e. The summed E-state index contributed by atoms with van der Waals surface area (Å²) in [6, 6.07) is 6.41. The van der Waals surface area contributed by atoms with E-state index in [0.29, 0.717) is 5.92 Å². The van der Waals surface area contributed by atoms with Crippen LogP contribution in [0, 0.1) is 0 Å². The van der Waals surface area contributed by atoms with Crippen LogP contribution in [0.4, 0.5) is 0 Å². The predicted octanol–water partition coefficient (Wildman–Crippen LogP) is 3.89. The second kappa shape index (κ2) is 5.50. The van der Waals surface area contributed by atoms with E-state index in [1.54, 1.807) is 0 Å². The Balaban J connectivity index is 3.34. The first-order valence-electron chi connectivity index (χ1n) is 5.38. The summed E-state index contributed by atoms with van der Waals surface area (Å²) in [5.41, 5.74) is 3.85. The maximum atomic E-state index is 4.13. The van der Waals surface area contributed by atoms with Gasteiger partial charge in [-0.25, -0.2) is 0 Å². The number of hydrogen-bond acceptors (Lipinski definition) is 1. The molecule has 1 rings (SSSR count). The van der Waals surface area contributed by atoms with Gasteiger partial charge in [0.25, 0.3) is 0 Å². The Morgan fingerprint density at radius 1 is 1.27 bits per heavy atom. The number of aliphatic imine (C=N–C) groups is 1. The quantitative estimate of drug-likeness (QED) is 0.658. The van der Waals surface area contributed by atoms with E-state index in [0.717, 1.165) is 0 Å². The average Bonchev–Trinajstić information content (AvgIpc) is 2.21. The Kier molecular flexibility index (Phi) is 4.29. The average molecular weight is 201 g/mol.